The molecule has 1 aliphatic heterocycles. The van der Waals surface area contributed by atoms with Crippen LogP contribution < -0.4 is 10.0 Å². The second-order valence-corrected chi connectivity index (χ2v) is 12.9. The maximum absolute atomic E-state index is 13.3. The molecule has 184 valence electrons. The first kappa shape index (κ1) is 26.7. The molecule has 5 unspecified atom stereocenters. The molecule has 0 bridgehead atoms. The van der Waals surface area contributed by atoms with E-state index >= 15 is 0 Å². The van der Waals surface area contributed by atoms with Crippen molar-refractivity contribution in [2.75, 3.05) is 12.8 Å². The van der Waals surface area contributed by atoms with E-state index in [1.807, 2.05) is 20.8 Å². The molecule has 0 radical (unpaired) electrons. The molecule has 0 spiro atoms. The minimum atomic E-state index is -2.62. The predicted octanol–water partition coefficient (Wildman–Crippen LogP) is 2.88. The van der Waals surface area contributed by atoms with Gasteiger partial charge in [-0.3, -0.25) is 19.1 Å². The van der Waals surface area contributed by atoms with Crippen LogP contribution >= 0.6 is 0 Å². The molecule has 0 aromatic heterocycles. The number of carbonyl (C=O) groups excluding carboxylic acids is 3. The molecule has 2 rings (SSSR count). The van der Waals surface area contributed by atoms with E-state index in [9.17, 15) is 18.6 Å². The van der Waals surface area contributed by atoms with E-state index in [1.165, 1.54) is 6.26 Å². The van der Waals surface area contributed by atoms with Gasteiger partial charge in [0, 0.05) is 28.4 Å². The highest BCUT2D eigenvalue weighted by Gasteiger charge is 2.61. The van der Waals surface area contributed by atoms with Gasteiger partial charge in [-0.15, -0.1) is 0 Å². The Morgan fingerprint density at radius 1 is 1.22 bits per heavy atom. The largest absolute Gasteiger partial charge is 0.340 e. The molecule has 2 aliphatic rings. The van der Waals surface area contributed by atoms with E-state index in [1.54, 1.807) is 10.3 Å². The van der Waals surface area contributed by atoms with Crippen molar-refractivity contribution in [2.45, 2.75) is 98.1 Å². The van der Waals surface area contributed by atoms with Crippen LogP contribution in [-0.2, 0) is 24.1 Å². The van der Waals surface area contributed by atoms with Crippen molar-refractivity contribution >= 4 is 32.8 Å². The lowest BCUT2D eigenvalue weighted by Crippen LogP contribution is -2.57. The van der Waals surface area contributed by atoms with E-state index in [2.05, 4.69) is 30.8 Å². The Bertz CT molecular complexity index is 841. The molecule has 2 fully saturated rings. The summed E-state index contributed by atoms with van der Waals surface area (Å²) in [6.45, 7) is 12.7. The van der Waals surface area contributed by atoms with E-state index in [0.717, 1.165) is 25.7 Å². The third-order valence-electron chi connectivity index (χ3n) is 6.96. The summed E-state index contributed by atoms with van der Waals surface area (Å²) >= 11 is 0. The molecule has 1 heterocycles. The SMILES string of the molecule is CCCC=S(C)(=O)NC(=O)C1(NC(=O)C2CCCN2C(=O)C(CC)C(C)(C)C)CC1CC. The van der Waals surface area contributed by atoms with Crippen molar-refractivity contribution in [2.24, 2.45) is 17.3 Å². The summed E-state index contributed by atoms with van der Waals surface area (Å²) in [5, 5.41) is 4.64. The zero-order valence-corrected chi connectivity index (χ0v) is 21.8. The zero-order valence-electron chi connectivity index (χ0n) is 21.0. The topological polar surface area (TPSA) is 95.6 Å². The van der Waals surface area contributed by atoms with Crippen LogP contribution in [0.3, 0.4) is 0 Å². The summed E-state index contributed by atoms with van der Waals surface area (Å²) in [7, 11) is -2.62. The fourth-order valence-electron chi connectivity index (χ4n) is 4.93. The third-order valence-corrected chi connectivity index (χ3v) is 8.42. The van der Waals surface area contributed by atoms with Gasteiger partial charge in [0.2, 0.25) is 11.8 Å². The zero-order chi connectivity index (χ0) is 24.3. The highest BCUT2D eigenvalue weighted by atomic mass is 32.2. The Morgan fingerprint density at radius 2 is 1.88 bits per heavy atom. The van der Waals surface area contributed by atoms with Crippen molar-refractivity contribution in [1.82, 2.24) is 14.9 Å². The van der Waals surface area contributed by atoms with Gasteiger partial charge in [-0.05, 0) is 48.8 Å². The van der Waals surface area contributed by atoms with Crippen molar-refractivity contribution in [3.8, 4) is 0 Å². The van der Waals surface area contributed by atoms with Crippen LogP contribution in [0, 0.1) is 17.3 Å². The van der Waals surface area contributed by atoms with E-state index in [0.29, 0.717) is 25.8 Å². The first-order valence-corrected chi connectivity index (χ1v) is 14.1. The number of nitrogens with zero attached hydrogens (tertiary/aromatic N) is 1. The highest BCUT2D eigenvalue weighted by molar-refractivity contribution is 7.99. The molecular formula is C24H43N3O4S. The number of carbonyl (C=O) groups is 3. The molecule has 1 aliphatic carbocycles. The Balaban J connectivity index is 2.18. The molecule has 8 heteroatoms. The highest BCUT2D eigenvalue weighted by Crippen LogP contribution is 2.46. The second kappa shape index (κ2) is 10.1. The van der Waals surface area contributed by atoms with E-state index in [4.69, 9.17) is 0 Å². The minimum Gasteiger partial charge on any atom is -0.340 e. The van der Waals surface area contributed by atoms with Gasteiger partial charge < -0.3 is 10.2 Å². The smallest absolute Gasteiger partial charge is 0.257 e. The van der Waals surface area contributed by atoms with Crippen LogP contribution in [0.15, 0.2) is 0 Å². The van der Waals surface area contributed by atoms with Gasteiger partial charge in [0.05, 0.1) is 0 Å². The molecule has 2 N–H and O–H groups in total. The third kappa shape index (κ3) is 5.86. The van der Waals surface area contributed by atoms with Crippen molar-refractivity contribution in [3.63, 3.8) is 0 Å². The van der Waals surface area contributed by atoms with Crippen LogP contribution in [0.2, 0.25) is 0 Å². The van der Waals surface area contributed by atoms with Crippen LogP contribution in [0.5, 0.6) is 0 Å². The maximum atomic E-state index is 13.3. The minimum absolute atomic E-state index is 0.0105. The molecule has 3 amide bonds. The van der Waals surface area contributed by atoms with Crippen molar-refractivity contribution in [3.05, 3.63) is 0 Å². The van der Waals surface area contributed by atoms with Gasteiger partial charge in [-0.1, -0.05) is 54.4 Å². The van der Waals surface area contributed by atoms with Gasteiger partial charge in [0.1, 0.15) is 11.6 Å². The average Bonchev–Trinajstić information content (AvgIpc) is 3.18. The lowest BCUT2D eigenvalue weighted by molar-refractivity contribution is -0.145. The fourth-order valence-corrected chi connectivity index (χ4v) is 6.25. The van der Waals surface area contributed by atoms with E-state index in [-0.39, 0.29) is 35.0 Å². The first-order chi connectivity index (χ1) is 14.8. The van der Waals surface area contributed by atoms with Gasteiger partial charge in [-0.2, -0.15) is 0 Å². The fraction of sp³-hybridized carbons (Fsp3) is 0.833. The number of hydrogen-bond donors (Lipinski definition) is 2. The van der Waals surface area contributed by atoms with Crippen LogP contribution in [0.1, 0.15) is 86.5 Å². The second-order valence-electron chi connectivity index (χ2n) is 10.6. The summed E-state index contributed by atoms with van der Waals surface area (Å²) in [5.41, 5.74) is -1.22. The molecule has 0 aromatic carbocycles. The Labute approximate surface area is 194 Å². The maximum Gasteiger partial charge on any atom is 0.257 e. The summed E-state index contributed by atoms with van der Waals surface area (Å²) in [4.78, 5) is 41.4. The molecule has 0 aromatic rings. The summed E-state index contributed by atoms with van der Waals surface area (Å²) in [6, 6.07) is -0.556. The normalized spacial score (nSPS) is 27.9. The van der Waals surface area contributed by atoms with Gasteiger partial charge >= 0.3 is 0 Å². The van der Waals surface area contributed by atoms with Crippen LogP contribution in [-0.4, -0.2) is 56.6 Å². The van der Waals surface area contributed by atoms with Crippen molar-refractivity contribution in [1.29, 1.82) is 0 Å². The molecule has 7 nitrogen and oxygen atoms in total. The number of nitrogens with one attached hydrogen (secondary N) is 2. The number of amides is 3. The monoisotopic (exact) mass is 469 g/mol. The van der Waals surface area contributed by atoms with Gasteiger partial charge in [0.25, 0.3) is 5.91 Å². The molecule has 1 saturated heterocycles. The molecule has 1 saturated carbocycles. The van der Waals surface area contributed by atoms with Crippen LogP contribution in [0.4, 0.5) is 0 Å². The number of unbranched alkanes of at least 4 members (excludes halogenated alkanes) is 1. The summed E-state index contributed by atoms with van der Waals surface area (Å²) in [5.74, 6) is -0.780. The lowest BCUT2D eigenvalue weighted by atomic mass is 9.78. The number of likely N-dealkylation sites (tertiary alicyclic amines) is 1. The summed E-state index contributed by atoms with van der Waals surface area (Å²) in [6.07, 6.45) is 6.38. The lowest BCUT2D eigenvalue weighted by Gasteiger charge is -2.35. The van der Waals surface area contributed by atoms with E-state index < -0.39 is 21.3 Å². The van der Waals surface area contributed by atoms with Crippen molar-refractivity contribution < 1.29 is 18.6 Å². The first-order valence-electron chi connectivity index (χ1n) is 12.1. The van der Waals surface area contributed by atoms with Crippen LogP contribution in [0.25, 0.3) is 0 Å². The summed E-state index contributed by atoms with van der Waals surface area (Å²) < 4.78 is 15.4. The molecule has 5 atom stereocenters. The molecular weight excluding hydrogens is 426 g/mol. The van der Waals surface area contributed by atoms with Gasteiger partial charge in [-0.25, -0.2) is 4.21 Å². The Morgan fingerprint density at radius 3 is 2.38 bits per heavy atom. The predicted molar refractivity (Wildman–Crippen MR) is 130 cm³/mol. The number of hydrogen-bond acceptors (Lipinski definition) is 4. The average molecular weight is 470 g/mol. The van der Waals surface area contributed by atoms with Gasteiger partial charge in [0.15, 0.2) is 0 Å². The number of rotatable bonds is 9. The Hall–Kier alpha value is -1.57. The standard InChI is InChI=1S/C24H43N3O4S/c1-8-11-15-32(7,31)26-22(30)24(16-17(24)9-2)25-20(28)19-13-12-14-27(19)21(29)18(10-3)23(4,5)6/h15,17-19H,8-14,16H2,1-7H3,(H,25,28)(H,26,30,31). The quantitative estimate of drug-likeness (QED) is 0.508. The Kier molecular flexibility index (Phi) is 8.46. The molecule has 32 heavy (non-hydrogen) atoms.